The largest absolute Gasteiger partial charge is 0.411 e. The molecule has 1 fully saturated rings. The predicted octanol–water partition coefficient (Wildman–Crippen LogP) is 3.90. The van der Waals surface area contributed by atoms with Gasteiger partial charge in [-0.2, -0.15) is 13.2 Å². The van der Waals surface area contributed by atoms with E-state index >= 15 is 0 Å². The zero-order valence-electron chi connectivity index (χ0n) is 11.8. The Kier molecular flexibility index (Phi) is 7.76. The third-order valence-corrected chi connectivity index (χ3v) is 3.42. The molecule has 114 valence electrons. The smallest absolute Gasteiger partial charge is 0.372 e. The van der Waals surface area contributed by atoms with Crippen LogP contribution in [0.5, 0.6) is 0 Å². The monoisotopic (exact) mass is 281 g/mol. The Hall–Kier alpha value is -0.290. The average Bonchev–Trinajstić information content (AvgIpc) is 3.14. The van der Waals surface area contributed by atoms with Crippen molar-refractivity contribution in [2.24, 2.45) is 5.92 Å². The molecule has 1 aliphatic rings. The van der Waals surface area contributed by atoms with Crippen LogP contribution in [0, 0.1) is 5.92 Å². The summed E-state index contributed by atoms with van der Waals surface area (Å²) in [4.78, 5) is 0. The van der Waals surface area contributed by atoms with Gasteiger partial charge in [0.05, 0.1) is 0 Å². The first kappa shape index (κ1) is 16.8. The highest BCUT2D eigenvalue weighted by atomic mass is 19.4. The van der Waals surface area contributed by atoms with Gasteiger partial charge in [0.2, 0.25) is 0 Å². The number of halogens is 3. The summed E-state index contributed by atoms with van der Waals surface area (Å²) in [7, 11) is 0. The third kappa shape index (κ3) is 9.27. The first-order valence-electron chi connectivity index (χ1n) is 7.41. The standard InChI is InChI=1S/C14H26F3NO/c1-2-9-18-13(12-7-8-12)6-4-3-5-10-19-11-14(15,16)17/h12-13,18H,2-11H2,1H3. The molecule has 1 unspecified atom stereocenters. The van der Waals surface area contributed by atoms with Crippen LogP contribution < -0.4 is 5.32 Å². The highest BCUT2D eigenvalue weighted by Gasteiger charge is 2.30. The molecule has 0 saturated heterocycles. The van der Waals surface area contributed by atoms with Crippen LogP contribution in [0.4, 0.5) is 13.2 Å². The van der Waals surface area contributed by atoms with Gasteiger partial charge in [-0.3, -0.25) is 0 Å². The molecule has 1 aliphatic carbocycles. The number of nitrogens with one attached hydrogen (secondary N) is 1. The molecule has 0 spiro atoms. The molecule has 0 aromatic rings. The van der Waals surface area contributed by atoms with E-state index in [1.165, 1.54) is 12.8 Å². The molecule has 2 nitrogen and oxygen atoms in total. The van der Waals surface area contributed by atoms with Crippen molar-refractivity contribution in [1.29, 1.82) is 0 Å². The Morgan fingerprint density at radius 3 is 2.53 bits per heavy atom. The molecule has 0 bridgehead atoms. The van der Waals surface area contributed by atoms with Crippen molar-refractivity contribution in [3.63, 3.8) is 0 Å². The van der Waals surface area contributed by atoms with Gasteiger partial charge in [-0.05, 0) is 44.6 Å². The van der Waals surface area contributed by atoms with E-state index in [1.807, 2.05) is 0 Å². The number of alkyl halides is 3. The fraction of sp³-hybridized carbons (Fsp3) is 1.00. The van der Waals surface area contributed by atoms with Gasteiger partial charge >= 0.3 is 6.18 Å². The molecule has 1 rings (SSSR count). The predicted molar refractivity (Wildman–Crippen MR) is 70.1 cm³/mol. The summed E-state index contributed by atoms with van der Waals surface area (Å²) in [5.41, 5.74) is 0. The van der Waals surface area contributed by atoms with Gasteiger partial charge in [-0.25, -0.2) is 0 Å². The van der Waals surface area contributed by atoms with Gasteiger partial charge in [0.25, 0.3) is 0 Å². The summed E-state index contributed by atoms with van der Waals surface area (Å²) in [6.07, 6.45) is 3.51. The fourth-order valence-electron chi connectivity index (χ4n) is 2.27. The molecule has 5 heteroatoms. The number of unbranched alkanes of at least 4 members (excludes halogenated alkanes) is 2. The summed E-state index contributed by atoms with van der Waals surface area (Å²) in [5, 5.41) is 3.57. The van der Waals surface area contributed by atoms with Crippen LogP contribution in [0.25, 0.3) is 0 Å². The zero-order chi connectivity index (χ0) is 14.1. The molecule has 0 aromatic carbocycles. The topological polar surface area (TPSA) is 21.3 Å². The lowest BCUT2D eigenvalue weighted by Gasteiger charge is -2.17. The van der Waals surface area contributed by atoms with Crippen molar-refractivity contribution in [2.75, 3.05) is 19.8 Å². The van der Waals surface area contributed by atoms with E-state index in [9.17, 15) is 13.2 Å². The van der Waals surface area contributed by atoms with Crippen LogP contribution in [-0.4, -0.2) is 32.0 Å². The van der Waals surface area contributed by atoms with E-state index in [4.69, 9.17) is 0 Å². The maximum absolute atomic E-state index is 11.8. The minimum atomic E-state index is -4.19. The van der Waals surface area contributed by atoms with E-state index < -0.39 is 12.8 Å². The van der Waals surface area contributed by atoms with Gasteiger partial charge in [0.15, 0.2) is 0 Å². The number of ether oxygens (including phenoxy) is 1. The molecular formula is C14H26F3NO. The second-order valence-corrected chi connectivity index (χ2v) is 5.42. The second-order valence-electron chi connectivity index (χ2n) is 5.42. The van der Waals surface area contributed by atoms with Gasteiger partial charge in [0, 0.05) is 12.6 Å². The lowest BCUT2D eigenvalue weighted by atomic mass is 10.0. The number of rotatable bonds is 11. The minimum Gasteiger partial charge on any atom is -0.372 e. The Labute approximate surface area is 114 Å². The van der Waals surface area contributed by atoms with Gasteiger partial charge in [0.1, 0.15) is 6.61 Å². The van der Waals surface area contributed by atoms with E-state index in [0.29, 0.717) is 6.04 Å². The van der Waals surface area contributed by atoms with Crippen LogP contribution in [-0.2, 0) is 4.74 Å². The Bertz CT molecular complexity index is 229. The van der Waals surface area contributed by atoms with Crippen molar-refractivity contribution >= 4 is 0 Å². The average molecular weight is 281 g/mol. The van der Waals surface area contributed by atoms with Crippen LogP contribution >= 0.6 is 0 Å². The van der Waals surface area contributed by atoms with E-state index in [2.05, 4.69) is 17.0 Å². The lowest BCUT2D eigenvalue weighted by molar-refractivity contribution is -0.174. The highest BCUT2D eigenvalue weighted by molar-refractivity contribution is 4.86. The second kappa shape index (κ2) is 8.80. The van der Waals surface area contributed by atoms with E-state index in [1.54, 1.807) is 0 Å². The van der Waals surface area contributed by atoms with E-state index in [-0.39, 0.29) is 6.61 Å². The molecule has 1 N–H and O–H groups in total. The highest BCUT2D eigenvalue weighted by Crippen LogP contribution is 2.34. The van der Waals surface area contributed by atoms with Crippen LogP contribution in [0.2, 0.25) is 0 Å². The van der Waals surface area contributed by atoms with Crippen molar-refractivity contribution in [1.82, 2.24) is 5.32 Å². The molecule has 0 radical (unpaired) electrons. The van der Waals surface area contributed by atoms with Crippen LogP contribution in [0.15, 0.2) is 0 Å². The van der Waals surface area contributed by atoms with Crippen molar-refractivity contribution < 1.29 is 17.9 Å². The molecular weight excluding hydrogens is 255 g/mol. The first-order valence-corrected chi connectivity index (χ1v) is 7.41. The van der Waals surface area contributed by atoms with Crippen molar-refractivity contribution in [3.05, 3.63) is 0 Å². The Morgan fingerprint density at radius 2 is 1.95 bits per heavy atom. The summed E-state index contributed by atoms with van der Waals surface area (Å²) < 4.78 is 40.0. The summed E-state index contributed by atoms with van der Waals surface area (Å²) in [5.74, 6) is 0.841. The maximum Gasteiger partial charge on any atom is 0.411 e. The summed E-state index contributed by atoms with van der Waals surface area (Å²) >= 11 is 0. The maximum atomic E-state index is 11.8. The van der Waals surface area contributed by atoms with Crippen LogP contribution in [0.1, 0.15) is 51.9 Å². The Morgan fingerprint density at radius 1 is 1.21 bits per heavy atom. The third-order valence-electron chi connectivity index (χ3n) is 3.42. The summed E-state index contributed by atoms with van der Waals surface area (Å²) in [6.45, 7) is 2.33. The van der Waals surface area contributed by atoms with Gasteiger partial charge in [-0.15, -0.1) is 0 Å². The lowest BCUT2D eigenvalue weighted by Crippen LogP contribution is -2.31. The van der Waals surface area contributed by atoms with Gasteiger partial charge in [-0.1, -0.05) is 19.8 Å². The molecule has 19 heavy (non-hydrogen) atoms. The molecule has 1 atom stereocenters. The molecule has 1 saturated carbocycles. The van der Waals surface area contributed by atoms with Crippen molar-refractivity contribution in [3.8, 4) is 0 Å². The minimum absolute atomic E-state index is 0.218. The molecule has 0 aliphatic heterocycles. The quantitative estimate of drug-likeness (QED) is 0.580. The van der Waals surface area contributed by atoms with E-state index in [0.717, 1.165) is 44.6 Å². The molecule has 0 aromatic heterocycles. The Balaban J connectivity index is 1.93. The number of hydrogen-bond acceptors (Lipinski definition) is 2. The fourth-order valence-corrected chi connectivity index (χ4v) is 2.27. The zero-order valence-corrected chi connectivity index (χ0v) is 11.8. The van der Waals surface area contributed by atoms with Crippen molar-refractivity contribution in [2.45, 2.75) is 64.1 Å². The summed E-state index contributed by atoms with van der Waals surface area (Å²) in [6, 6.07) is 0.621. The van der Waals surface area contributed by atoms with Crippen LogP contribution in [0.3, 0.4) is 0 Å². The number of hydrogen-bond donors (Lipinski definition) is 1. The normalized spacial score (nSPS) is 17.7. The SMILES string of the molecule is CCCNC(CCCCCOCC(F)(F)F)C1CC1. The molecule has 0 heterocycles. The first-order chi connectivity index (χ1) is 9.03. The molecule has 0 amide bonds. The van der Waals surface area contributed by atoms with Gasteiger partial charge < -0.3 is 10.1 Å².